The zero-order valence-corrected chi connectivity index (χ0v) is 12.3. The first-order valence-electron chi connectivity index (χ1n) is 5.41. The molecular weight excluding hydrogens is 288 g/mol. The second kappa shape index (κ2) is 4.63. The SMILES string of the molecule is Cc1csc(N2CC(CBr)OC(C)(C)C2)n1. The number of halogens is 1. The van der Waals surface area contributed by atoms with Gasteiger partial charge in [0, 0.05) is 23.8 Å². The van der Waals surface area contributed by atoms with Gasteiger partial charge in [-0.2, -0.15) is 0 Å². The van der Waals surface area contributed by atoms with Crippen LogP contribution in [0.2, 0.25) is 0 Å². The van der Waals surface area contributed by atoms with Gasteiger partial charge in [-0.25, -0.2) is 4.98 Å². The van der Waals surface area contributed by atoms with Crippen LogP contribution in [-0.2, 0) is 4.74 Å². The molecule has 2 rings (SSSR count). The van der Waals surface area contributed by atoms with Gasteiger partial charge in [-0.15, -0.1) is 11.3 Å². The van der Waals surface area contributed by atoms with Crippen LogP contribution in [0.25, 0.3) is 0 Å². The van der Waals surface area contributed by atoms with Crippen molar-refractivity contribution in [2.24, 2.45) is 0 Å². The molecule has 16 heavy (non-hydrogen) atoms. The number of hydrogen-bond donors (Lipinski definition) is 0. The molecule has 90 valence electrons. The predicted octanol–water partition coefficient (Wildman–Crippen LogP) is 2.83. The van der Waals surface area contributed by atoms with Crippen molar-refractivity contribution in [3.8, 4) is 0 Å². The van der Waals surface area contributed by atoms with Crippen molar-refractivity contribution in [1.29, 1.82) is 0 Å². The van der Waals surface area contributed by atoms with Crippen molar-refractivity contribution in [3.05, 3.63) is 11.1 Å². The summed E-state index contributed by atoms with van der Waals surface area (Å²) < 4.78 is 5.97. The molecule has 0 N–H and O–H groups in total. The minimum Gasteiger partial charge on any atom is -0.368 e. The van der Waals surface area contributed by atoms with Gasteiger partial charge < -0.3 is 9.64 Å². The van der Waals surface area contributed by atoms with Crippen molar-refractivity contribution < 1.29 is 4.74 Å². The molecular formula is C11H17BrN2OS. The number of alkyl halides is 1. The maximum Gasteiger partial charge on any atom is 0.185 e. The maximum absolute atomic E-state index is 5.97. The third kappa shape index (κ3) is 2.76. The van der Waals surface area contributed by atoms with Crippen molar-refractivity contribution in [2.45, 2.75) is 32.5 Å². The van der Waals surface area contributed by atoms with Gasteiger partial charge in [0.15, 0.2) is 5.13 Å². The van der Waals surface area contributed by atoms with Crippen LogP contribution in [0, 0.1) is 6.92 Å². The number of aryl methyl sites for hydroxylation is 1. The standard InChI is InChI=1S/C11H17BrN2OS/c1-8-6-16-10(13-8)14-5-9(4-12)15-11(2,3)7-14/h6,9H,4-5,7H2,1-3H3. The molecule has 1 fully saturated rings. The molecule has 0 aliphatic carbocycles. The fourth-order valence-electron chi connectivity index (χ4n) is 2.01. The fourth-order valence-corrected chi connectivity index (χ4v) is 3.16. The Morgan fingerprint density at radius 2 is 2.44 bits per heavy atom. The highest BCUT2D eigenvalue weighted by Gasteiger charge is 2.33. The first kappa shape index (κ1) is 12.3. The Balaban J connectivity index is 2.15. The van der Waals surface area contributed by atoms with E-state index in [4.69, 9.17) is 4.74 Å². The molecule has 1 atom stereocenters. The van der Waals surface area contributed by atoms with E-state index < -0.39 is 0 Å². The van der Waals surface area contributed by atoms with Crippen LogP contribution in [0.3, 0.4) is 0 Å². The topological polar surface area (TPSA) is 25.4 Å². The Hall–Kier alpha value is -0.130. The molecule has 0 saturated carbocycles. The van der Waals surface area contributed by atoms with Crippen molar-refractivity contribution >= 4 is 32.4 Å². The molecule has 0 amide bonds. The summed E-state index contributed by atoms with van der Waals surface area (Å²) in [5.41, 5.74) is 0.996. The van der Waals surface area contributed by atoms with Crippen LogP contribution in [0.4, 0.5) is 5.13 Å². The van der Waals surface area contributed by atoms with E-state index in [1.807, 2.05) is 6.92 Å². The molecule has 1 saturated heterocycles. The Kier molecular flexibility index (Phi) is 3.56. The van der Waals surface area contributed by atoms with Crippen LogP contribution in [-0.4, -0.2) is 35.1 Å². The zero-order valence-electron chi connectivity index (χ0n) is 9.86. The third-order valence-corrected chi connectivity index (χ3v) is 4.27. The number of rotatable bonds is 2. The molecule has 1 aromatic heterocycles. The van der Waals surface area contributed by atoms with Crippen molar-refractivity contribution in [2.75, 3.05) is 23.3 Å². The van der Waals surface area contributed by atoms with E-state index in [1.54, 1.807) is 11.3 Å². The number of nitrogens with zero attached hydrogens (tertiary/aromatic N) is 2. The highest BCUT2D eigenvalue weighted by molar-refractivity contribution is 9.09. The number of thiazole rings is 1. The zero-order chi connectivity index (χ0) is 11.8. The Morgan fingerprint density at radius 3 is 3.00 bits per heavy atom. The molecule has 5 heteroatoms. The summed E-state index contributed by atoms with van der Waals surface area (Å²) in [6.07, 6.45) is 0.243. The van der Waals surface area contributed by atoms with Gasteiger partial charge in [-0.05, 0) is 20.8 Å². The van der Waals surface area contributed by atoms with Gasteiger partial charge in [0.1, 0.15) is 0 Å². The number of hydrogen-bond acceptors (Lipinski definition) is 4. The third-order valence-electron chi connectivity index (χ3n) is 2.53. The molecule has 0 aromatic carbocycles. The summed E-state index contributed by atoms with van der Waals surface area (Å²) in [7, 11) is 0. The summed E-state index contributed by atoms with van der Waals surface area (Å²) in [5.74, 6) is 0. The summed E-state index contributed by atoms with van der Waals surface area (Å²) >= 11 is 5.21. The maximum atomic E-state index is 5.97. The smallest absolute Gasteiger partial charge is 0.185 e. The van der Waals surface area contributed by atoms with Gasteiger partial charge >= 0.3 is 0 Å². The van der Waals surface area contributed by atoms with Gasteiger partial charge in [0.25, 0.3) is 0 Å². The first-order valence-corrected chi connectivity index (χ1v) is 7.41. The molecule has 0 spiro atoms. The summed E-state index contributed by atoms with van der Waals surface area (Å²) in [6, 6.07) is 0. The highest BCUT2D eigenvalue weighted by atomic mass is 79.9. The Morgan fingerprint density at radius 1 is 1.69 bits per heavy atom. The van der Waals surface area contributed by atoms with Gasteiger partial charge in [0.2, 0.25) is 0 Å². The fraction of sp³-hybridized carbons (Fsp3) is 0.727. The monoisotopic (exact) mass is 304 g/mol. The lowest BCUT2D eigenvalue weighted by atomic mass is 10.1. The lowest BCUT2D eigenvalue weighted by Gasteiger charge is -2.42. The number of aromatic nitrogens is 1. The quantitative estimate of drug-likeness (QED) is 0.786. The molecule has 1 aliphatic heterocycles. The molecule has 1 aliphatic rings. The van der Waals surface area contributed by atoms with Crippen LogP contribution in [0.1, 0.15) is 19.5 Å². The van der Waals surface area contributed by atoms with Crippen LogP contribution in [0.5, 0.6) is 0 Å². The summed E-state index contributed by atoms with van der Waals surface area (Å²) in [4.78, 5) is 6.87. The molecule has 0 bridgehead atoms. The predicted molar refractivity (Wildman–Crippen MR) is 71.8 cm³/mol. The second-order valence-electron chi connectivity index (χ2n) is 4.81. The van der Waals surface area contributed by atoms with Crippen molar-refractivity contribution in [3.63, 3.8) is 0 Å². The normalized spacial score (nSPS) is 24.8. The molecule has 1 aromatic rings. The molecule has 0 radical (unpaired) electrons. The number of ether oxygens (including phenoxy) is 1. The largest absolute Gasteiger partial charge is 0.368 e. The Bertz CT molecular complexity index is 367. The van der Waals surface area contributed by atoms with E-state index >= 15 is 0 Å². The molecule has 1 unspecified atom stereocenters. The lowest BCUT2D eigenvalue weighted by molar-refractivity contribution is -0.0724. The van der Waals surface area contributed by atoms with E-state index in [2.05, 4.69) is 45.0 Å². The van der Waals surface area contributed by atoms with E-state index in [0.29, 0.717) is 0 Å². The summed E-state index contributed by atoms with van der Waals surface area (Å²) in [6.45, 7) is 8.13. The van der Waals surface area contributed by atoms with Crippen LogP contribution < -0.4 is 4.90 Å². The average Bonchev–Trinajstić information content (AvgIpc) is 2.62. The second-order valence-corrected chi connectivity index (χ2v) is 6.29. The van der Waals surface area contributed by atoms with Gasteiger partial charge in [-0.3, -0.25) is 0 Å². The number of anilines is 1. The minimum absolute atomic E-state index is 0.101. The number of morpholine rings is 1. The van der Waals surface area contributed by atoms with E-state index in [1.165, 1.54) is 0 Å². The lowest BCUT2D eigenvalue weighted by Crippen LogP contribution is -2.53. The van der Waals surface area contributed by atoms with Crippen LogP contribution in [0.15, 0.2) is 5.38 Å². The molecule has 3 nitrogen and oxygen atoms in total. The minimum atomic E-state index is -0.101. The van der Waals surface area contributed by atoms with Crippen molar-refractivity contribution in [1.82, 2.24) is 4.98 Å². The van der Waals surface area contributed by atoms with E-state index in [-0.39, 0.29) is 11.7 Å². The van der Waals surface area contributed by atoms with Gasteiger partial charge in [0.05, 0.1) is 17.4 Å². The first-order chi connectivity index (χ1) is 7.50. The molecule has 2 heterocycles. The van der Waals surface area contributed by atoms with E-state index in [0.717, 1.165) is 29.2 Å². The summed E-state index contributed by atoms with van der Waals surface area (Å²) in [5, 5.41) is 4.08. The average molecular weight is 305 g/mol. The highest BCUT2D eigenvalue weighted by Crippen LogP contribution is 2.28. The van der Waals surface area contributed by atoms with Gasteiger partial charge in [-0.1, -0.05) is 15.9 Å². The van der Waals surface area contributed by atoms with Crippen LogP contribution >= 0.6 is 27.3 Å². The Labute approximate surface area is 109 Å². The van der Waals surface area contributed by atoms with E-state index in [9.17, 15) is 0 Å².